The Balaban J connectivity index is 1.57. The Morgan fingerprint density at radius 3 is 2.76 bits per heavy atom. The molecule has 1 aromatic heterocycles. The molecule has 0 aromatic carbocycles. The third-order valence-electron chi connectivity index (χ3n) is 4.37. The second-order valence-corrected chi connectivity index (χ2v) is 5.98. The molecule has 1 saturated carbocycles. The van der Waals surface area contributed by atoms with Crippen molar-refractivity contribution in [3.05, 3.63) is 18.3 Å². The average Bonchev–Trinajstić information content (AvgIpc) is 3.19. The molecular weight excluding hydrogens is 264 g/mol. The monoisotopic (exact) mass is 288 g/mol. The molecule has 5 nitrogen and oxygen atoms in total. The predicted molar refractivity (Wildman–Crippen MR) is 84.6 cm³/mol. The van der Waals surface area contributed by atoms with Gasteiger partial charge in [-0.2, -0.15) is 0 Å². The van der Waals surface area contributed by atoms with Gasteiger partial charge in [-0.05, 0) is 37.8 Å². The van der Waals surface area contributed by atoms with E-state index in [0.29, 0.717) is 12.6 Å². The van der Waals surface area contributed by atoms with Crippen molar-refractivity contribution < 1.29 is 4.79 Å². The molecule has 2 fully saturated rings. The van der Waals surface area contributed by atoms with E-state index >= 15 is 0 Å². The second kappa shape index (κ2) is 6.89. The highest BCUT2D eigenvalue weighted by Crippen LogP contribution is 2.26. The SMILES string of the molecule is O=C(CNC1CCCC1)Nc1cccnc1N1CCCC1. The number of nitrogens with one attached hydrogen (secondary N) is 2. The quantitative estimate of drug-likeness (QED) is 0.871. The fourth-order valence-corrected chi connectivity index (χ4v) is 3.24. The van der Waals surface area contributed by atoms with Crippen molar-refractivity contribution in [2.24, 2.45) is 0 Å². The van der Waals surface area contributed by atoms with Gasteiger partial charge >= 0.3 is 0 Å². The topological polar surface area (TPSA) is 57.3 Å². The van der Waals surface area contributed by atoms with Crippen LogP contribution in [0.4, 0.5) is 11.5 Å². The van der Waals surface area contributed by atoms with Gasteiger partial charge in [-0.1, -0.05) is 12.8 Å². The summed E-state index contributed by atoms with van der Waals surface area (Å²) in [6.45, 7) is 2.44. The zero-order chi connectivity index (χ0) is 14.5. The average molecular weight is 288 g/mol. The molecule has 114 valence electrons. The van der Waals surface area contributed by atoms with E-state index in [-0.39, 0.29) is 5.91 Å². The highest BCUT2D eigenvalue weighted by molar-refractivity contribution is 5.95. The molecule has 1 aliphatic heterocycles. The van der Waals surface area contributed by atoms with Crippen molar-refractivity contribution in [2.75, 3.05) is 29.9 Å². The highest BCUT2D eigenvalue weighted by atomic mass is 16.1. The summed E-state index contributed by atoms with van der Waals surface area (Å²) < 4.78 is 0. The molecule has 0 spiro atoms. The first-order valence-electron chi connectivity index (χ1n) is 8.06. The van der Waals surface area contributed by atoms with E-state index in [2.05, 4.69) is 20.5 Å². The summed E-state index contributed by atoms with van der Waals surface area (Å²) in [6.07, 6.45) is 9.14. The number of amides is 1. The molecule has 1 aliphatic carbocycles. The summed E-state index contributed by atoms with van der Waals surface area (Å²) in [5.74, 6) is 0.930. The first-order chi connectivity index (χ1) is 10.3. The molecule has 0 radical (unpaired) electrons. The Labute approximate surface area is 126 Å². The fourth-order valence-electron chi connectivity index (χ4n) is 3.24. The van der Waals surface area contributed by atoms with Crippen molar-refractivity contribution in [2.45, 2.75) is 44.6 Å². The zero-order valence-electron chi connectivity index (χ0n) is 12.5. The van der Waals surface area contributed by atoms with E-state index in [1.54, 1.807) is 6.20 Å². The number of hydrogen-bond acceptors (Lipinski definition) is 4. The van der Waals surface area contributed by atoms with Crippen LogP contribution in [0.1, 0.15) is 38.5 Å². The molecular formula is C16H24N4O. The summed E-state index contributed by atoms with van der Waals surface area (Å²) in [5.41, 5.74) is 0.831. The molecule has 0 unspecified atom stereocenters. The van der Waals surface area contributed by atoms with Crippen molar-refractivity contribution in [3.8, 4) is 0 Å². The number of nitrogens with zero attached hydrogens (tertiary/aromatic N) is 2. The molecule has 1 aromatic rings. The van der Waals surface area contributed by atoms with Crippen LogP contribution < -0.4 is 15.5 Å². The minimum atomic E-state index is 0.0235. The number of carbonyl (C=O) groups is 1. The summed E-state index contributed by atoms with van der Waals surface area (Å²) in [6, 6.07) is 4.33. The number of hydrogen-bond donors (Lipinski definition) is 2. The van der Waals surface area contributed by atoms with Gasteiger partial charge < -0.3 is 15.5 Å². The Kier molecular flexibility index (Phi) is 4.70. The van der Waals surface area contributed by atoms with Crippen LogP contribution in [0.2, 0.25) is 0 Å². The lowest BCUT2D eigenvalue weighted by Gasteiger charge is -2.20. The van der Waals surface area contributed by atoms with Gasteiger partial charge in [-0.3, -0.25) is 4.79 Å². The maximum absolute atomic E-state index is 12.1. The van der Waals surface area contributed by atoms with E-state index < -0.39 is 0 Å². The Bertz CT molecular complexity index is 479. The van der Waals surface area contributed by atoms with Gasteiger partial charge in [-0.15, -0.1) is 0 Å². The number of carbonyl (C=O) groups excluding carboxylic acids is 1. The molecule has 3 rings (SSSR count). The third kappa shape index (κ3) is 3.73. The molecule has 21 heavy (non-hydrogen) atoms. The summed E-state index contributed by atoms with van der Waals surface area (Å²) in [4.78, 5) is 18.8. The number of pyridine rings is 1. The molecule has 2 aliphatic rings. The van der Waals surface area contributed by atoms with Gasteiger partial charge in [0.05, 0.1) is 12.2 Å². The summed E-state index contributed by atoms with van der Waals surface area (Å²) >= 11 is 0. The lowest BCUT2D eigenvalue weighted by atomic mass is 10.2. The normalized spacial score (nSPS) is 19.1. The largest absolute Gasteiger partial charge is 0.355 e. The van der Waals surface area contributed by atoms with Gasteiger partial charge in [0, 0.05) is 25.3 Å². The molecule has 1 saturated heterocycles. The van der Waals surface area contributed by atoms with Crippen LogP contribution in [-0.2, 0) is 4.79 Å². The zero-order valence-corrected chi connectivity index (χ0v) is 12.5. The standard InChI is InChI=1S/C16H24N4O/c21-15(12-18-13-6-1-2-7-13)19-14-8-5-9-17-16(14)20-10-3-4-11-20/h5,8-9,13,18H,1-4,6-7,10-12H2,(H,19,21). The maximum atomic E-state index is 12.1. The number of rotatable bonds is 5. The van der Waals surface area contributed by atoms with Crippen LogP contribution in [0.25, 0.3) is 0 Å². The number of anilines is 2. The van der Waals surface area contributed by atoms with Crippen LogP contribution in [0, 0.1) is 0 Å². The molecule has 2 heterocycles. The fraction of sp³-hybridized carbons (Fsp3) is 0.625. The van der Waals surface area contributed by atoms with Gasteiger partial charge in [0.15, 0.2) is 5.82 Å². The van der Waals surface area contributed by atoms with E-state index in [9.17, 15) is 4.79 Å². The lowest BCUT2D eigenvalue weighted by molar-refractivity contribution is -0.115. The van der Waals surface area contributed by atoms with Crippen molar-refractivity contribution >= 4 is 17.4 Å². The van der Waals surface area contributed by atoms with Gasteiger partial charge in [-0.25, -0.2) is 4.98 Å². The van der Waals surface area contributed by atoms with Crippen molar-refractivity contribution in [1.29, 1.82) is 0 Å². The first-order valence-corrected chi connectivity index (χ1v) is 8.06. The van der Waals surface area contributed by atoms with Gasteiger partial charge in [0.2, 0.25) is 5.91 Å². The molecule has 1 amide bonds. The van der Waals surface area contributed by atoms with Gasteiger partial charge in [0.1, 0.15) is 0 Å². The van der Waals surface area contributed by atoms with Crippen molar-refractivity contribution in [3.63, 3.8) is 0 Å². The molecule has 0 atom stereocenters. The minimum Gasteiger partial charge on any atom is -0.355 e. The van der Waals surface area contributed by atoms with Crippen LogP contribution >= 0.6 is 0 Å². The van der Waals surface area contributed by atoms with E-state index in [1.807, 2.05) is 12.1 Å². The Morgan fingerprint density at radius 2 is 2.00 bits per heavy atom. The lowest BCUT2D eigenvalue weighted by Crippen LogP contribution is -2.34. The molecule has 2 N–H and O–H groups in total. The van der Waals surface area contributed by atoms with E-state index in [4.69, 9.17) is 0 Å². The Morgan fingerprint density at radius 1 is 1.24 bits per heavy atom. The first kappa shape index (κ1) is 14.3. The van der Waals surface area contributed by atoms with Crippen molar-refractivity contribution in [1.82, 2.24) is 10.3 Å². The van der Waals surface area contributed by atoms with E-state index in [1.165, 1.54) is 38.5 Å². The van der Waals surface area contributed by atoms with Crippen LogP contribution in [0.3, 0.4) is 0 Å². The van der Waals surface area contributed by atoms with Crippen LogP contribution in [0.5, 0.6) is 0 Å². The maximum Gasteiger partial charge on any atom is 0.238 e. The minimum absolute atomic E-state index is 0.0235. The molecule has 5 heteroatoms. The number of aromatic nitrogens is 1. The predicted octanol–water partition coefficient (Wildman–Crippen LogP) is 2.15. The smallest absolute Gasteiger partial charge is 0.238 e. The molecule has 0 bridgehead atoms. The highest BCUT2D eigenvalue weighted by Gasteiger charge is 2.19. The van der Waals surface area contributed by atoms with Crippen LogP contribution in [-0.4, -0.2) is 36.6 Å². The third-order valence-corrected chi connectivity index (χ3v) is 4.37. The second-order valence-electron chi connectivity index (χ2n) is 5.98. The summed E-state index contributed by atoms with van der Waals surface area (Å²) in [7, 11) is 0. The summed E-state index contributed by atoms with van der Waals surface area (Å²) in [5, 5.41) is 6.35. The van der Waals surface area contributed by atoms with Gasteiger partial charge in [0.25, 0.3) is 0 Å². The van der Waals surface area contributed by atoms with E-state index in [0.717, 1.165) is 24.6 Å². The Hall–Kier alpha value is -1.62. The van der Waals surface area contributed by atoms with Crippen LogP contribution in [0.15, 0.2) is 18.3 Å².